The molecular weight excluding hydrogens is 278 g/mol. The molecule has 0 spiro atoms. The SMILES string of the molecule is NC(=O)c1ccc(Cl)cc1NCc1cc(N)ccc1O. The smallest absolute Gasteiger partial charge is 0.250 e. The van der Waals surface area contributed by atoms with Crippen LogP contribution in [0.4, 0.5) is 11.4 Å². The standard InChI is InChI=1S/C14H14ClN3O2/c15-9-1-3-11(14(17)20)12(6-9)18-7-8-5-10(16)2-4-13(8)19/h1-6,18-19H,7,16H2,(H2,17,20). The second-order valence-corrected chi connectivity index (χ2v) is 4.73. The van der Waals surface area contributed by atoms with Crippen molar-refractivity contribution in [1.82, 2.24) is 0 Å². The summed E-state index contributed by atoms with van der Waals surface area (Å²) >= 11 is 5.90. The van der Waals surface area contributed by atoms with Crippen LogP contribution in [0.5, 0.6) is 5.75 Å². The fraction of sp³-hybridized carbons (Fsp3) is 0.0714. The Morgan fingerprint density at radius 2 is 2.00 bits per heavy atom. The lowest BCUT2D eigenvalue weighted by atomic mass is 10.1. The maximum absolute atomic E-state index is 11.3. The highest BCUT2D eigenvalue weighted by Gasteiger charge is 2.09. The molecule has 2 aromatic rings. The maximum Gasteiger partial charge on any atom is 0.250 e. The number of aromatic hydroxyl groups is 1. The lowest BCUT2D eigenvalue weighted by molar-refractivity contribution is 0.100. The minimum atomic E-state index is -0.555. The van der Waals surface area contributed by atoms with E-state index in [9.17, 15) is 9.90 Å². The van der Waals surface area contributed by atoms with Gasteiger partial charge in [-0.25, -0.2) is 0 Å². The molecule has 5 nitrogen and oxygen atoms in total. The topological polar surface area (TPSA) is 101 Å². The number of primary amides is 1. The first-order chi connectivity index (χ1) is 9.47. The number of anilines is 2. The van der Waals surface area contributed by atoms with Gasteiger partial charge in [-0.2, -0.15) is 0 Å². The average Bonchev–Trinajstić information content (AvgIpc) is 2.39. The molecule has 0 aliphatic carbocycles. The summed E-state index contributed by atoms with van der Waals surface area (Å²) in [7, 11) is 0. The average molecular weight is 292 g/mol. The molecule has 0 aliphatic rings. The van der Waals surface area contributed by atoms with Gasteiger partial charge in [-0.1, -0.05) is 11.6 Å². The Kier molecular flexibility index (Phi) is 4.00. The Hall–Kier alpha value is -2.40. The minimum Gasteiger partial charge on any atom is -0.508 e. The molecule has 0 atom stereocenters. The van der Waals surface area contributed by atoms with Crippen LogP contribution in [-0.4, -0.2) is 11.0 Å². The Morgan fingerprint density at radius 1 is 1.25 bits per heavy atom. The summed E-state index contributed by atoms with van der Waals surface area (Å²) < 4.78 is 0. The molecule has 0 radical (unpaired) electrons. The number of nitrogen functional groups attached to an aromatic ring is 1. The number of nitrogens with one attached hydrogen (secondary N) is 1. The lowest BCUT2D eigenvalue weighted by Crippen LogP contribution is -2.14. The van der Waals surface area contributed by atoms with Crippen molar-refractivity contribution in [2.45, 2.75) is 6.54 Å². The third kappa shape index (κ3) is 3.13. The van der Waals surface area contributed by atoms with Gasteiger partial charge in [-0.05, 0) is 36.4 Å². The summed E-state index contributed by atoms with van der Waals surface area (Å²) in [6.45, 7) is 0.289. The number of hydrogen-bond donors (Lipinski definition) is 4. The number of carbonyl (C=O) groups excluding carboxylic acids is 1. The zero-order chi connectivity index (χ0) is 14.7. The first kappa shape index (κ1) is 14.0. The van der Waals surface area contributed by atoms with E-state index in [0.29, 0.717) is 27.5 Å². The van der Waals surface area contributed by atoms with Crippen molar-refractivity contribution in [1.29, 1.82) is 0 Å². The summed E-state index contributed by atoms with van der Waals surface area (Å²) in [6.07, 6.45) is 0. The summed E-state index contributed by atoms with van der Waals surface area (Å²) in [5.41, 5.74) is 13.0. The highest BCUT2D eigenvalue weighted by atomic mass is 35.5. The van der Waals surface area contributed by atoms with Gasteiger partial charge in [0.2, 0.25) is 0 Å². The number of halogens is 1. The zero-order valence-corrected chi connectivity index (χ0v) is 11.3. The van der Waals surface area contributed by atoms with Gasteiger partial charge in [0.25, 0.3) is 5.91 Å². The van der Waals surface area contributed by atoms with E-state index in [0.717, 1.165) is 0 Å². The molecule has 0 saturated carbocycles. The zero-order valence-electron chi connectivity index (χ0n) is 10.6. The molecule has 0 bridgehead atoms. The molecule has 0 aromatic heterocycles. The van der Waals surface area contributed by atoms with E-state index < -0.39 is 5.91 Å². The Balaban J connectivity index is 2.24. The highest BCUT2D eigenvalue weighted by molar-refractivity contribution is 6.31. The number of amides is 1. The van der Waals surface area contributed by atoms with Crippen molar-refractivity contribution in [2.24, 2.45) is 5.73 Å². The second kappa shape index (κ2) is 5.71. The molecule has 0 fully saturated rings. The van der Waals surface area contributed by atoms with Gasteiger partial charge >= 0.3 is 0 Å². The number of hydrogen-bond acceptors (Lipinski definition) is 4. The number of rotatable bonds is 4. The van der Waals surface area contributed by atoms with Crippen molar-refractivity contribution in [3.05, 3.63) is 52.5 Å². The van der Waals surface area contributed by atoms with Crippen LogP contribution in [0.2, 0.25) is 5.02 Å². The molecule has 2 aromatic carbocycles. The number of phenols is 1. The van der Waals surface area contributed by atoms with E-state index in [-0.39, 0.29) is 12.3 Å². The number of nitrogens with two attached hydrogens (primary N) is 2. The summed E-state index contributed by atoms with van der Waals surface area (Å²) in [6, 6.07) is 9.51. The first-order valence-electron chi connectivity index (χ1n) is 5.88. The van der Waals surface area contributed by atoms with Gasteiger partial charge < -0.3 is 21.9 Å². The number of benzene rings is 2. The van der Waals surface area contributed by atoms with Gasteiger partial charge in [-0.15, -0.1) is 0 Å². The fourth-order valence-corrected chi connectivity index (χ4v) is 1.99. The van der Waals surface area contributed by atoms with Crippen molar-refractivity contribution >= 4 is 28.9 Å². The lowest BCUT2D eigenvalue weighted by Gasteiger charge is -2.12. The monoisotopic (exact) mass is 291 g/mol. The van der Waals surface area contributed by atoms with Gasteiger partial charge in [0.1, 0.15) is 5.75 Å². The predicted molar refractivity (Wildman–Crippen MR) is 79.8 cm³/mol. The molecule has 0 aliphatic heterocycles. The van der Waals surface area contributed by atoms with Crippen LogP contribution >= 0.6 is 11.6 Å². The Labute approximate surface area is 121 Å². The summed E-state index contributed by atoms with van der Waals surface area (Å²) in [4.78, 5) is 11.3. The van der Waals surface area contributed by atoms with Crippen molar-refractivity contribution in [2.75, 3.05) is 11.1 Å². The largest absolute Gasteiger partial charge is 0.508 e. The predicted octanol–water partition coefficient (Wildman–Crippen LogP) is 2.34. The molecule has 104 valence electrons. The van der Waals surface area contributed by atoms with E-state index in [1.54, 1.807) is 30.3 Å². The highest BCUT2D eigenvalue weighted by Crippen LogP contribution is 2.24. The molecule has 6 N–H and O–H groups in total. The number of phenolic OH excluding ortho intramolecular Hbond substituents is 1. The van der Waals surface area contributed by atoms with E-state index in [2.05, 4.69) is 5.32 Å². The third-order valence-corrected chi connectivity index (χ3v) is 3.06. The Morgan fingerprint density at radius 3 is 2.70 bits per heavy atom. The normalized spacial score (nSPS) is 10.2. The van der Waals surface area contributed by atoms with E-state index in [4.69, 9.17) is 23.1 Å². The molecule has 20 heavy (non-hydrogen) atoms. The summed E-state index contributed by atoms with van der Waals surface area (Å²) in [5, 5.41) is 13.2. The minimum absolute atomic E-state index is 0.120. The van der Waals surface area contributed by atoms with Crippen LogP contribution in [0.3, 0.4) is 0 Å². The summed E-state index contributed by atoms with van der Waals surface area (Å²) in [5.74, 6) is -0.435. The van der Waals surface area contributed by atoms with Crippen molar-refractivity contribution < 1.29 is 9.90 Å². The third-order valence-electron chi connectivity index (χ3n) is 2.82. The molecule has 6 heteroatoms. The number of carbonyl (C=O) groups is 1. The van der Waals surface area contributed by atoms with Gasteiger partial charge in [-0.3, -0.25) is 4.79 Å². The molecule has 0 saturated heterocycles. The maximum atomic E-state index is 11.3. The van der Waals surface area contributed by atoms with Crippen LogP contribution in [-0.2, 0) is 6.54 Å². The molecule has 0 heterocycles. The van der Waals surface area contributed by atoms with Crippen LogP contribution in [0, 0.1) is 0 Å². The molecular formula is C14H14ClN3O2. The van der Waals surface area contributed by atoms with Crippen molar-refractivity contribution in [3.8, 4) is 5.75 Å². The molecule has 1 amide bonds. The Bertz CT molecular complexity index is 659. The van der Waals surface area contributed by atoms with Crippen molar-refractivity contribution in [3.63, 3.8) is 0 Å². The molecule has 0 unspecified atom stereocenters. The van der Waals surface area contributed by atoms with Crippen LogP contribution in [0.25, 0.3) is 0 Å². The van der Waals surface area contributed by atoms with Gasteiger partial charge in [0.05, 0.1) is 5.56 Å². The second-order valence-electron chi connectivity index (χ2n) is 4.30. The van der Waals surface area contributed by atoms with Gasteiger partial charge in [0.15, 0.2) is 0 Å². The fourth-order valence-electron chi connectivity index (χ4n) is 1.82. The quantitative estimate of drug-likeness (QED) is 0.513. The molecule has 2 rings (SSSR count). The van der Waals surface area contributed by atoms with E-state index in [1.807, 2.05) is 0 Å². The van der Waals surface area contributed by atoms with E-state index >= 15 is 0 Å². The van der Waals surface area contributed by atoms with E-state index in [1.165, 1.54) is 6.07 Å². The van der Waals surface area contributed by atoms with Gasteiger partial charge in [0, 0.05) is 28.5 Å². The first-order valence-corrected chi connectivity index (χ1v) is 6.26. The van der Waals surface area contributed by atoms with Crippen LogP contribution in [0.15, 0.2) is 36.4 Å². The van der Waals surface area contributed by atoms with Crippen LogP contribution in [0.1, 0.15) is 15.9 Å². The van der Waals surface area contributed by atoms with Crippen LogP contribution < -0.4 is 16.8 Å².